The summed E-state index contributed by atoms with van der Waals surface area (Å²) < 4.78 is 0. The van der Waals surface area contributed by atoms with Crippen LogP contribution in [0.25, 0.3) is 0 Å². The van der Waals surface area contributed by atoms with E-state index in [-0.39, 0.29) is 18.4 Å². The summed E-state index contributed by atoms with van der Waals surface area (Å²) in [5.74, 6) is -1.65. The highest BCUT2D eigenvalue weighted by Gasteiger charge is 2.23. The summed E-state index contributed by atoms with van der Waals surface area (Å²) in [4.78, 5) is 36.7. The Bertz CT molecular complexity index is 499. The molecule has 0 aliphatic heterocycles. The molecular formula is C14H20N2O4S. The Morgan fingerprint density at radius 1 is 1.38 bits per heavy atom. The number of aliphatic carboxylic acids is 1. The first-order valence-corrected chi connectivity index (χ1v) is 7.50. The predicted molar refractivity (Wildman–Crippen MR) is 80.3 cm³/mol. The molecule has 1 heterocycles. The first-order valence-electron chi connectivity index (χ1n) is 6.62. The molecule has 116 valence electrons. The molecule has 21 heavy (non-hydrogen) atoms. The Kier molecular flexibility index (Phi) is 6.36. The molecule has 1 atom stereocenters. The van der Waals surface area contributed by atoms with Gasteiger partial charge in [0.05, 0.1) is 11.4 Å². The molecule has 0 spiro atoms. The molecule has 0 bridgehead atoms. The van der Waals surface area contributed by atoms with Gasteiger partial charge in [-0.3, -0.25) is 9.59 Å². The predicted octanol–water partition coefficient (Wildman–Crippen LogP) is 1.44. The van der Waals surface area contributed by atoms with Gasteiger partial charge in [-0.15, -0.1) is 11.3 Å². The second kappa shape index (κ2) is 7.78. The van der Waals surface area contributed by atoms with E-state index < -0.39 is 17.9 Å². The second-order valence-electron chi connectivity index (χ2n) is 5.23. The average Bonchev–Trinajstić information content (AvgIpc) is 2.89. The summed E-state index contributed by atoms with van der Waals surface area (Å²) in [6.07, 6.45) is 0.351. The quantitative estimate of drug-likeness (QED) is 0.797. The zero-order valence-corrected chi connectivity index (χ0v) is 13.1. The lowest BCUT2D eigenvalue weighted by Gasteiger charge is -2.20. The van der Waals surface area contributed by atoms with Gasteiger partial charge < -0.3 is 15.3 Å². The number of carbonyl (C=O) groups is 3. The third-order valence-corrected chi connectivity index (χ3v) is 3.66. The van der Waals surface area contributed by atoms with Crippen LogP contribution in [0.5, 0.6) is 0 Å². The number of carbonyl (C=O) groups excluding carboxylic acids is 2. The van der Waals surface area contributed by atoms with Gasteiger partial charge in [-0.25, -0.2) is 4.79 Å². The lowest BCUT2D eigenvalue weighted by Crippen LogP contribution is -2.46. The smallest absolute Gasteiger partial charge is 0.326 e. The number of amides is 2. The van der Waals surface area contributed by atoms with Crippen molar-refractivity contribution in [2.24, 2.45) is 5.92 Å². The number of hydrogen-bond acceptors (Lipinski definition) is 4. The maximum absolute atomic E-state index is 12.0. The lowest BCUT2D eigenvalue weighted by molar-refractivity contribution is -0.142. The molecule has 0 fully saturated rings. The molecule has 2 N–H and O–H groups in total. The maximum atomic E-state index is 12.0. The largest absolute Gasteiger partial charge is 0.480 e. The molecule has 2 amide bonds. The average molecular weight is 312 g/mol. The molecule has 0 unspecified atom stereocenters. The van der Waals surface area contributed by atoms with Gasteiger partial charge in [-0.1, -0.05) is 19.9 Å². The molecule has 1 aromatic rings. The van der Waals surface area contributed by atoms with E-state index in [1.165, 1.54) is 23.3 Å². The van der Waals surface area contributed by atoms with Crippen molar-refractivity contribution < 1.29 is 19.5 Å². The van der Waals surface area contributed by atoms with Crippen LogP contribution >= 0.6 is 11.3 Å². The number of carboxylic acids is 1. The molecule has 1 aromatic heterocycles. The van der Waals surface area contributed by atoms with Crippen molar-refractivity contribution >= 4 is 29.1 Å². The van der Waals surface area contributed by atoms with Gasteiger partial charge in [0.15, 0.2) is 0 Å². The number of nitrogens with zero attached hydrogens (tertiary/aromatic N) is 1. The topological polar surface area (TPSA) is 86.7 Å². The summed E-state index contributed by atoms with van der Waals surface area (Å²) >= 11 is 1.30. The van der Waals surface area contributed by atoms with Crippen LogP contribution in [-0.2, 0) is 9.59 Å². The van der Waals surface area contributed by atoms with E-state index in [4.69, 9.17) is 5.11 Å². The molecule has 1 rings (SSSR count). The van der Waals surface area contributed by atoms with Crippen LogP contribution < -0.4 is 5.32 Å². The molecule has 0 saturated heterocycles. The normalized spacial score (nSPS) is 12.0. The molecule has 6 nitrogen and oxygen atoms in total. The van der Waals surface area contributed by atoms with Gasteiger partial charge in [0, 0.05) is 7.05 Å². The summed E-state index contributed by atoms with van der Waals surface area (Å²) in [7, 11) is 1.51. The van der Waals surface area contributed by atoms with E-state index >= 15 is 0 Å². The summed E-state index contributed by atoms with van der Waals surface area (Å²) in [6.45, 7) is 3.60. The zero-order chi connectivity index (χ0) is 16.0. The van der Waals surface area contributed by atoms with Crippen LogP contribution in [0.15, 0.2) is 17.5 Å². The maximum Gasteiger partial charge on any atom is 0.326 e. The molecular weight excluding hydrogens is 292 g/mol. The highest BCUT2D eigenvalue weighted by atomic mass is 32.1. The number of nitrogens with one attached hydrogen (secondary N) is 1. The monoisotopic (exact) mass is 312 g/mol. The Labute approximate surface area is 127 Å². The van der Waals surface area contributed by atoms with Crippen molar-refractivity contribution in [3.63, 3.8) is 0 Å². The molecule has 7 heteroatoms. The van der Waals surface area contributed by atoms with E-state index in [1.807, 2.05) is 13.8 Å². The van der Waals surface area contributed by atoms with Crippen LogP contribution in [0, 0.1) is 5.92 Å². The van der Waals surface area contributed by atoms with Crippen LogP contribution in [0.3, 0.4) is 0 Å². The van der Waals surface area contributed by atoms with Crippen LogP contribution in [0.2, 0.25) is 0 Å². The standard InChI is InChI=1S/C14H20N2O4S/c1-9(2)7-10(14(19)20)15-12(17)8-16(3)13(18)11-5-4-6-21-11/h4-6,9-10H,7-8H2,1-3H3,(H,15,17)(H,19,20)/t10-/m0/s1. The number of rotatable bonds is 7. The molecule has 0 aliphatic rings. The third kappa shape index (κ3) is 5.55. The number of likely N-dealkylation sites (N-methyl/N-ethyl adjacent to an activating group) is 1. The Morgan fingerprint density at radius 2 is 2.05 bits per heavy atom. The Balaban J connectivity index is 2.55. The van der Waals surface area contributed by atoms with E-state index in [0.717, 1.165) is 0 Å². The first kappa shape index (κ1) is 17.2. The fraction of sp³-hybridized carbons (Fsp3) is 0.500. The number of thiophene rings is 1. The SMILES string of the molecule is CC(C)C[C@H](NC(=O)CN(C)C(=O)c1cccs1)C(=O)O. The minimum absolute atomic E-state index is 0.150. The first-order chi connectivity index (χ1) is 9.81. The number of hydrogen-bond donors (Lipinski definition) is 2. The van der Waals surface area contributed by atoms with Crippen molar-refractivity contribution in [1.82, 2.24) is 10.2 Å². The fourth-order valence-electron chi connectivity index (χ4n) is 1.81. The van der Waals surface area contributed by atoms with Crippen molar-refractivity contribution in [2.45, 2.75) is 26.3 Å². The Morgan fingerprint density at radius 3 is 2.52 bits per heavy atom. The van der Waals surface area contributed by atoms with E-state index in [9.17, 15) is 14.4 Å². The highest BCUT2D eigenvalue weighted by Crippen LogP contribution is 2.11. The van der Waals surface area contributed by atoms with Crippen molar-refractivity contribution in [3.05, 3.63) is 22.4 Å². The van der Waals surface area contributed by atoms with Crippen molar-refractivity contribution in [1.29, 1.82) is 0 Å². The van der Waals surface area contributed by atoms with Gasteiger partial charge >= 0.3 is 5.97 Å². The van der Waals surface area contributed by atoms with E-state index in [2.05, 4.69) is 5.32 Å². The van der Waals surface area contributed by atoms with Gasteiger partial charge in [-0.2, -0.15) is 0 Å². The third-order valence-electron chi connectivity index (χ3n) is 2.80. The zero-order valence-electron chi connectivity index (χ0n) is 12.3. The van der Waals surface area contributed by atoms with Crippen LogP contribution in [0.4, 0.5) is 0 Å². The summed E-state index contributed by atoms with van der Waals surface area (Å²) in [5, 5.41) is 13.3. The second-order valence-corrected chi connectivity index (χ2v) is 6.17. The molecule has 0 radical (unpaired) electrons. The minimum Gasteiger partial charge on any atom is -0.480 e. The molecule has 0 aromatic carbocycles. The summed E-state index contributed by atoms with van der Waals surface area (Å²) in [6, 6.07) is 2.51. The van der Waals surface area contributed by atoms with Crippen molar-refractivity contribution in [2.75, 3.05) is 13.6 Å². The number of carboxylic acid groups (broad SMARTS) is 1. The Hall–Kier alpha value is -1.89. The highest BCUT2D eigenvalue weighted by molar-refractivity contribution is 7.12. The van der Waals surface area contributed by atoms with Gasteiger partial charge in [0.1, 0.15) is 6.04 Å². The van der Waals surface area contributed by atoms with Gasteiger partial charge in [-0.05, 0) is 23.8 Å². The van der Waals surface area contributed by atoms with E-state index in [0.29, 0.717) is 11.3 Å². The van der Waals surface area contributed by atoms with Crippen molar-refractivity contribution in [3.8, 4) is 0 Å². The van der Waals surface area contributed by atoms with Gasteiger partial charge in [0.2, 0.25) is 5.91 Å². The summed E-state index contributed by atoms with van der Waals surface area (Å²) in [5.41, 5.74) is 0. The van der Waals surface area contributed by atoms with Crippen LogP contribution in [-0.4, -0.2) is 47.4 Å². The fourth-order valence-corrected chi connectivity index (χ4v) is 2.53. The minimum atomic E-state index is -1.07. The van der Waals surface area contributed by atoms with E-state index in [1.54, 1.807) is 17.5 Å². The molecule has 0 saturated carbocycles. The molecule has 0 aliphatic carbocycles. The lowest BCUT2D eigenvalue weighted by atomic mass is 10.0. The van der Waals surface area contributed by atoms with Gasteiger partial charge in [0.25, 0.3) is 5.91 Å². The van der Waals surface area contributed by atoms with Crippen LogP contribution in [0.1, 0.15) is 29.9 Å².